The van der Waals surface area contributed by atoms with Crippen LogP contribution in [0.1, 0.15) is 37.8 Å². The number of aryl methyl sites for hydroxylation is 2. The zero-order valence-corrected chi connectivity index (χ0v) is 19.6. The summed E-state index contributed by atoms with van der Waals surface area (Å²) in [5.41, 5.74) is 4.16. The van der Waals surface area contributed by atoms with Crippen LogP contribution in [0.5, 0.6) is 0 Å². The maximum atomic E-state index is 12.3. The van der Waals surface area contributed by atoms with Gasteiger partial charge in [-0.2, -0.15) is 0 Å². The van der Waals surface area contributed by atoms with Crippen LogP contribution in [0, 0.1) is 12.8 Å². The zero-order valence-electron chi connectivity index (χ0n) is 19.6. The Labute approximate surface area is 192 Å². The van der Waals surface area contributed by atoms with Gasteiger partial charge in [-0.3, -0.25) is 14.4 Å². The largest absolute Gasteiger partial charge is 0.461 e. The van der Waals surface area contributed by atoms with E-state index in [1.165, 1.54) is 6.92 Å². The predicted molar refractivity (Wildman–Crippen MR) is 126 cm³/mol. The number of rotatable bonds is 5. The van der Waals surface area contributed by atoms with Crippen molar-refractivity contribution in [1.82, 2.24) is 19.0 Å². The normalized spacial score (nSPS) is 16.2. The molecule has 0 N–H and O–H groups in total. The van der Waals surface area contributed by atoms with E-state index in [2.05, 4.69) is 4.57 Å². The number of imidazole rings is 1. The summed E-state index contributed by atoms with van der Waals surface area (Å²) in [5.74, 6) is 0.863. The minimum absolute atomic E-state index is 0.0329. The molecule has 3 heterocycles. The number of piperidine rings is 1. The standard InChI is InChI=1S/C25H30N4O4/c1-16-10-21(14-27(4)25(16)32)24-26-22-8-7-19(15-33-18(3)31)11-23(22)29(24)13-20-6-5-9-28(12-20)17(2)30/h7-8,10-11,14,20H,5-6,9,12-13,15H2,1-4H3. The van der Waals surface area contributed by atoms with Crippen molar-refractivity contribution in [3.8, 4) is 11.4 Å². The molecule has 4 rings (SSSR count). The molecule has 0 saturated carbocycles. The summed E-state index contributed by atoms with van der Waals surface area (Å²) in [7, 11) is 1.74. The van der Waals surface area contributed by atoms with Gasteiger partial charge in [0.2, 0.25) is 5.91 Å². The number of benzene rings is 1. The van der Waals surface area contributed by atoms with Crippen LogP contribution in [-0.2, 0) is 34.5 Å². The highest BCUT2D eigenvalue weighted by atomic mass is 16.5. The number of esters is 1. The van der Waals surface area contributed by atoms with Gasteiger partial charge in [0.1, 0.15) is 12.4 Å². The lowest BCUT2D eigenvalue weighted by atomic mass is 9.97. The summed E-state index contributed by atoms with van der Waals surface area (Å²) >= 11 is 0. The maximum Gasteiger partial charge on any atom is 0.302 e. The first kappa shape index (κ1) is 22.8. The second kappa shape index (κ2) is 9.21. The van der Waals surface area contributed by atoms with Gasteiger partial charge < -0.3 is 18.8 Å². The summed E-state index contributed by atoms with van der Waals surface area (Å²) < 4.78 is 8.95. The number of hydrogen-bond acceptors (Lipinski definition) is 5. The molecule has 8 nitrogen and oxygen atoms in total. The van der Waals surface area contributed by atoms with Crippen LogP contribution in [-0.4, -0.2) is 44.0 Å². The highest BCUT2D eigenvalue weighted by molar-refractivity contribution is 5.81. The molecule has 33 heavy (non-hydrogen) atoms. The third kappa shape index (κ3) is 4.84. The van der Waals surface area contributed by atoms with Crippen molar-refractivity contribution in [3.63, 3.8) is 0 Å². The molecule has 0 aliphatic carbocycles. The number of likely N-dealkylation sites (tertiary alicyclic amines) is 1. The highest BCUT2D eigenvalue weighted by Crippen LogP contribution is 2.29. The average molecular weight is 451 g/mol. The average Bonchev–Trinajstić information content (AvgIpc) is 3.13. The monoisotopic (exact) mass is 450 g/mol. The Bertz CT molecular complexity index is 1250. The third-order valence-corrected chi connectivity index (χ3v) is 6.28. The second-order valence-electron chi connectivity index (χ2n) is 8.95. The van der Waals surface area contributed by atoms with E-state index in [-0.39, 0.29) is 24.0 Å². The van der Waals surface area contributed by atoms with E-state index in [9.17, 15) is 14.4 Å². The smallest absolute Gasteiger partial charge is 0.302 e. The fourth-order valence-corrected chi connectivity index (χ4v) is 4.61. The molecular formula is C25H30N4O4. The number of ether oxygens (including phenoxy) is 1. The fourth-order valence-electron chi connectivity index (χ4n) is 4.61. The molecule has 3 aromatic rings. The van der Waals surface area contributed by atoms with Crippen LogP contribution < -0.4 is 5.56 Å². The summed E-state index contributed by atoms with van der Waals surface area (Å²) in [5, 5.41) is 0. The highest BCUT2D eigenvalue weighted by Gasteiger charge is 2.24. The van der Waals surface area contributed by atoms with Crippen LogP contribution in [0.15, 0.2) is 35.3 Å². The van der Waals surface area contributed by atoms with E-state index in [1.807, 2.05) is 42.3 Å². The molecule has 1 aliphatic heterocycles. The van der Waals surface area contributed by atoms with E-state index in [0.717, 1.165) is 47.4 Å². The van der Waals surface area contributed by atoms with Gasteiger partial charge in [0.05, 0.1) is 11.0 Å². The van der Waals surface area contributed by atoms with Gasteiger partial charge in [0, 0.05) is 57.9 Å². The van der Waals surface area contributed by atoms with Crippen LogP contribution in [0.25, 0.3) is 22.4 Å². The molecule has 0 bridgehead atoms. The molecular weight excluding hydrogens is 420 g/mol. The maximum absolute atomic E-state index is 12.3. The number of fused-ring (bicyclic) bond motifs is 1. The first-order valence-corrected chi connectivity index (χ1v) is 11.3. The van der Waals surface area contributed by atoms with Gasteiger partial charge in [-0.1, -0.05) is 6.07 Å². The Morgan fingerprint density at radius 2 is 2.00 bits per heavy atom. The lowest BCUT2D eigenvalue weighted by Crippen LogP contribution is -2.39. The Kier molecular flexibility index (Phi) is 6.35. The Hall–Kier alpha value is -3.42. The van der Waals surface area contributed by atoms with Gasteiger partial charge in [-0.25, -0.2) is 4.98 Å². The molecule has 174 valence electrons. The lowest BCUT2D eigenvalue weighted by molar-refractivity contribution is -0.142. The van der Waals surface area contributed by atoms with Crippen LogP contribution >= 0.6 is 0 Å². The summed E-state index contributed by atoms with van der Waals surface area (Å²) in [6.45, 7) is 7.24. The van der Waals surface area contributed by atoms with Crippen molar-refractivity contribution < 1.29 is 14.3 Å². The minimum atomic E-state index is -0.323. The zero-order chi connectivity index (χ0) is 23.7. The molecule has 1 saturated heterocycles. The first-order valence-electron chi connectivity index (χ1n) is 11.3. The number of amides is 1. The number of hydrogen-bond donors (Lipinski definition) is 0. The molecule has 0 spiro atoms. The molecule has 1 aliphatic rings. The van der Waals surface area contributed by atoms with Crippen molar-refractivity contribution in [2.45, 2.75) is 46.8 Å². The van der Waals surface area contributed by atoms with Crippen LogP contribution in [0.4, 0.5) is 0 Å². The molecule has 8 heteroatoms. The molecule has 1 amide bonds. The van der Waals surface area contributed by atoms with Gasteiger partial charge in [0.15, 0.2) is 0 Å². The quantitative estimate of drug-likeness (QED) is 0.558. The van der Waals surface area contributed by atoms with Gasteiger partial charge in [0.25, 0.3) is 5.56 Å². The van der Waals surface area contributed by atoms with Crippen LogP contribution in [0.2, 0.25) is 0 Å². The van der Waals surface area contributed by atoms with Crippen molar-refractivity contribution in [3.05, 3.63) is 51.9 Å². The first-order chi connectivity index (χ1) is 15.7. The number of pyridine rings is 1. The Morgan fingerprint density at radius 3 is 2.70 bits per heavy atom. The molecule has 1 unspecified atom stereocenters. The molecule has 1 fully saturated rings. The van der Waals surface area contributed by atoms with E-state index in [1.54, 1.807) is 18.5 Å². The number of carbonyl (C=O) groups is 2. The van der Waals surface area contributed by atoms with Gasteiger partial charge in [-0.15, -0.1) is 0 Å². The summed E-state index contributed by atoms with van der Waals surface area (Å²) in [6, 6.07) is 7.74. The van der Waals surface area contributed by atoms with Crippen molar-refractivity contribution >= 4 is 22.9 Å². The number of carbonyl (C=O) groups excluding carboxylic acids is 2. The fraction of sp³-hybridized carbons (Fsp3) is 0.440. The third-order valence-electron chi connectivity index (χ3n) is 6.28. The minimum Gasteiger partial charge on any atom is -0.461 e. The van der Waals surface area contributed by atoms with Gasteiger partial charge in [-0.05, 0) is 49.4 Å². The Morgan fingerprint density at radius 1 is 1.21 bits per heavy atom. The number of nitrogens with zero attached hydrogens (tertiary/aromatic N) is 4. The van der Waals surface area contributed by atoms with Crippen molar-refractivity contribution in [1.29, 1.82) is 0 Å². The summed E-state index contributed by atoms with van der Waals surface area (Å²) in [6.07, 6.45) is 3.82. The molecule has 2 aromatic heterocycles. The topological polar surface area (TPSA) is 86.4 Å². The van der Waals surface area contributed by atoms with Crippen molar-refractivity contribution in [2.24, 2.45) is 13.0 Å². The molecule has 1 aromatic carbocycles. The lowest BCUT2D eigenvalue weighted by Gasteiger charge is -2.32. The number of aromatic nitrogens is 3. The molecule has 1 atom stereocenters. The van der Waals surface area contributed by atoms with E-state index >= 15 is 0 Å². The van der Waals surface area contributed by atoms with Crippen LogP contribution in [0.3, 0.4) is 0 Å². The SMILES string of the molecule is CC(=O)OCc1ccc2nc(-c3cc(C)c(=O)n(C)c3)n(CC3CCCN(C(C)=O)C3)c2c1. The summed E-state index contributed by atoms with van der Waals surface area (Å²) in [4.78, 5) is 42.3. The second-order valence-corrected chi connectivity index (χ2v) is 8.95. The molecule has 0 radical (unpaired) electrons. The van der Waals surface area contributed by atoms with Gasteiger partial charge >= 0.3 is 5.97 Å². The van der Waals surface area contributed by atoms with Crippen molar-refractivity contribution in [2.75, 3.05) is 13.1 Å². The van der Waals surface area contributed by atoms with E-state index < -0.39 is 0 Å². The van der Waals surface area contributed by atoms with E-state index in [0.29, 0.717) is 24.6 Å². The predicted octanol–water partition coefficient (Wildman–Crippen LogP) is 3.03. The van der Waals surface area contributed by atoms with E-state index in [4.69, 9.17) is 9.72 Å². The Balaban J connectivity index is 1.80.